The van der Waals surface area contributed by atoms with Gasteiger partial charge in [-0.1, -0.05) is 36.4 Å². The smallest absolute Gasteiger partial charge is 0.255 e. The average Bonchev–Trinajstić information content (AvgIpc) is 2.68. The molecule has 0 atom stereocenters. The molecule has 3 aromatic carbocycles. The van der Waals surface area contributed by atoms with Gasteiger partial charge in [-0.15, -0.1) is 0 Å². The Morgan fingerprint density at radius 2 is 1.74 bits per heavy atom. The van der Waals surface area contributed by atoms with E-state index in [4.69, 9.17) is 5.73 Å². The van der Waals surface area contributed by atoms with Crippen LogP contribution in [0.15, 0.2) is 72.8 Å². The van der Waals surface area contributed by atoms with Crippen LogP contribution in [0.3, 0.4) is 0 Å². The van der Waals surface area contributed by atoms with Crippen molar-refractivity contribution in [1.29, 1.82) is 0 Å². The molecule has 1 amide bonds. The second kappa shape index (κ2) is 8.19. The summed E-state index contributed by atoms with van der Waals surface area (Å²) in [6, 6.07) is 17.4. The van der Waals surface area contributed by atoms with Gasteiger partial charge in [-0.3, -0.25) is 9.59 Å². The van der Waals surface area contributed by atoms with Gasteiger partial charge in [0.2, 0.25) is 0 Å². The fraction of sp³-hybridized carbons (Fsp3) is 0.0909. The number of carbonyl (C=O) groups excluding carboxylic acids is 2. The van der Waals surface area contributed by atoms with Gasteiger partial charge in [0, 0.05) is 23.2 Å². The predicted octanol–water partition coefficient (Wildman–Crippen LogP) is 3.69. The summed E-state index contributed by atoms with van der Waals surface area (Å²) < 4.78 is 0. The number of carbonyl (C=O) groups is 2. The van der Waals surface area contributed by atoms with Crippen molar-refractivity contribution in [3.05, 3.63) is 83.9 Å². The topological polar surface area (TPSA) is 92.4 Å². The molecule has 5 heteroatoms. The van der Waals surface area contributed by atoms with Crippen molar-refractivity contribution in [2.45, 2.75) is 6.42 Å². The maximum Gasteiger partial charge on any atom is 0.255 e. The van der Waals surface area contributed by atoms with Gasteiger partial charge in [-0.25, -0.2) is 0 Å². The molecule has 0 saturated carbocycles. The van der Waals surface area contributed by atoms with Gasteiger partial charge in [0.15, 0.2) is 5.78 Å². The zero-order valence-corrected chi connectivity index (χ0v) is 14.7. The van der Waals surface area contributed by atoms with Crippen LogP contribution in [0.1, 0.15) is 27.1 Å². The second-order valence-electron chi connectivity index (χ2n) is 6.12. The van der Waals surface area contributed by atoms with E-state index >= 15 is 0 Å². The zero-order chi connectivity index (χ0) is 19.2. The molecule has 0 saturated heterocycles. The van der Waals surface area contributed by atoms with Gasteiger partial charge < -0.3 is 16.2 Å². The average molecular weight is 360 g/mol. The van der Waals surface area contributed by atoms with E-state index in [1.54, 1.807) is 48.5 Å². The van der Waals surface area contributed by atoms with Gasteiger partial charge in [0.25, 0.3) is 5.91 Å². The molecule has 0 unspecified atom stereocenters. The van der Waals surface area contributed by atoms with E-state index in [2.05, 4.69) is 5.32 Å². The number of aromatic hydroxyl groups is 1. The highest BCUT2D eigenvalue weighted by molar-refractivity contribution is 6.05. The van der Waals surface area contributed by atoms with Crippen LogP contribution >= 0.6 is 0 Å². The Hall–Kier alpha value is -3.60. The summed E-state index contributed by atoms with van der Waals surface area (Å²) >= 11 is 0. The molecule has 0 aliphatic heterocycles. The summed E-state index contributed by atoms with van der Waals surface area (Å²) in [5.74, 6) is -0.496. The van der Waals surface area contributed by atoms with Crippen LogP contribution in [0, 0.1) is 0 Å². The molecule has 0 spiro atoms. The van der Waals surface area contributed by atoms with Crippen molar-refractivity contribution in [2.75, 3.05) is 12.3 Å². The molecule has 0 aromatic heterocycles. The monoisotopic (exact) mass is 360 g/mol. The minimum Gasteiger partial charge on any atom is -0.506 e. The number of phenols is 1. The molecule has 4 N–H and O–H groups in total. The molecular weight excluding hydrogens is 340 g/mol. The summed E-state index contributed by atoms with van der Waals surface area (Å²) in [4.78, 5) is 24.3. The van der Waals surface area contributed by atoms with Crippen LogP contribution in [0.5, 0.6) is 5.75 Å². The van der Waals surface area contributed by atoms with Crippen LogP contribution in [0.4, 0.5) is 5.69 Å². The number of amides is 1. The van der Waals surface area contributed by atoms with Gasteiger partial charge in [0.1, 0.15) is 5.75 Å². The Labute approximate surface area is 157 Å². The van der Waals surface area contributed by atoms with E-state index < -0.39 is 0 Å². The third-order valence-corrected chi connectivity index (χ3v) is 4.21. The fourth-order valence-electron chi connectivity index (χ4n) is 2.74. The lowest BCUT2D eigenvalue weighted by Crippen LogP contribution is -2.24. The maximum absolute atomic E-state index is 12.3. The highest BCUT2D eigenvalue weighted by Gasteiger charge is 2.12. The van der Waals surface area contributed by atoms with Gasteiger partial charge >= 0.3 is 0 Å². The quantitative estimate of drug-likeness (QED) is 0.271. The molecule has 136 valence electrons. The van der Waals surface area contributed by atoms with Crippen LogP contribution < -0.4 is 11.1 Å². The first-order valence-corrected chi connectivity index (χ1v) is 8.61. The van der Waals surface area contributed by atoms with Gasteiger partial charge in [0.05, 0.1) is 5.56 Å². The lowest BCUT2D eigenvalue weighted by molar-refractivity contribution is 0.0951. The Morgan fingerprint density at radius 3 is 2.52 bits per heavy atom. The van der Waals surface area contributed by atoms with Crippen LogP contribution in [-0.4, -0.2) is 23.3 Å². The predicted molar refractivity (Wildman–Crippen MR) is 107 cm³/mol. The van der Waals surface area contributed by atoms with E-state index in [9.17, 15) is 14.7 Å². The number of nitrogens with two attached hydrogens (primary N) is 1. The van der Waals surface area contributed by atoms with Crippen molar-refractivity contribution in [3.8, 4) is 5.75 Å². The number of fused-ring (bicyclic) bond motifs is 1. The van der Waals surface area contributed by atoms with E-state index in [0.717, 1.165) is 5.39 Å². The lowest BCUT2D eigenvalue weighted by atomic mass is 10.0. The van der Waals surface area contributed by atoms with Crippen LogP contribution in [-0.2, 0) is 0 Å². The standard InChI is InChI=1S/C22H20N2O3/c23-17-11-8-16(9-12-17)20(25)7-3-4-14-24-22(27)19-13-10-15-5-1-2-6-18(15)21(19)26/h1-3,5-13,26H,4,14,23H2,(H,24,27). The zero-order valence-electron chi connectivity index (χ0n) is 14.7. The number of allylic oxidation sites excluding steroid dienone is 1. The number of anilines is 1. The third kappa shape index (κ3) is 4.33. The molecule has 0 aliphatic rings. The van der Waals surface area contributed by atoms with E-state index in [-0.39, 0.29) is 23.0 Å². The molecule has 0 bridgehead atoms. The normalized spacial score (nSPS) is 11.0. The minimum atomic E-state index is -0.350. The summed E-state index contributed by atoms with van der Waals surface area (Å²) in [6.45, 7) is 0.358. The van der Waals surface area contributed by atoms with Crippen LogP contribution in [0.2, 0.25) is 0 Å². The number of hydrogen-bond acceptors (Lipinski definition) is 4. The molecule has 3 aromatic rings. The van der Waals surface area contributed by atoms with E-state index in [0.29, 0.717) is 29.6 Å². The van der Waals surface area contributed by atoms with Crippen molar-refractivity contribution >= 4 is 28.2 Å². The molecule has 0 fully saturated rings. The number of nitrogens with one attached hydrogen (secondary N) is 1. The molecule has 27 heavy (non-hydrogen) atoms. The number of benzene rings is 3. The van der Waals surface area contributed by atoms with Crippen molar-refractivity contribution in [1.82, 2.24) is 5.32 Å². The van der Waals surface area contributed by atoms with Crippen molar-refractivity contribution in [2.24, 2.45) is 0 Å². The first kappa shape index (κ1) is 18.2. The first-order valence-electron chi connectivity index (χ1n) is 8.61. The summed E-state index contributed by atoms with van der Waals surface area (Å²) in [5, 5.41) is 14.6. The maximum atomic E-state index is 12.3. The Bertz CT molecular complexity index is 1010. The Balaban J connectivity index is 1.54. The van der Waals surface area contributed by atoms with Crippen molar-refractivity contribution < 1.29 is 14.7 Å². The third-order valence-electron chi connectivity index (χ3n) is 4.21. The van der Waals surface area contributed by atoms with Crippen LogP contribution in [0.25, 0.3) is 10.8 Å². The second-order valence-corrected chi connectivity index (χ2v) is 6.12. The number of nitrogen functional groups attached to an aromatic ring is 1. The van der Waals surface area contributed by atoms with Crippen molar-refractivity contribution in [3.63, 3.8) is 0 Å². The highest BCUT2D eigenvalue weighted by atomic mass is 16.3. The Kier molecular flexibility index (Phi) is 5.52. The fourth-order valence-corrected chi connectivity index (χ4v) is 2.74. The number of phenolic OH excluding ortho intramolecular Hbond substituents is 1. The number of ketones is 1. The van der Waals surface area contributed by atoms with E-state index in [1.807, 2.05) is 18.2 Å². The first-order chi connectivity index (χ1) is 13.1. The molecule has 0 heterocycles. The molecular formula is C22H20N2O3. The summed E-state index contributed by atoms with van der Waals surface area (Å²) in [6.07, 6.45) is 3.69. The minimum absolute atomic E-state index is 0.0281. The largest absolute Gasteiger partial charge is 0.506 e. The summed E-state index contributed by atoms with van der Waals surface area (Å²) in [5.41, 5.74) is 7.00. The molecule has 0 radical (unpaired) electrons. The lowest BCUT2D eigenvalue weighted by Gasteiger charge is -2.08. The highest BCUT2D eigenvalue weighted by Crippen LogP contribution is 2.28. The van der Waals surface area contributed by atoms with Gasteiger partial charge in [-0.05, 0) is 48.2 Å². The number of hydrogen-bond donors (Lipinski definition) is 3. The number of rotatable bonds is 6. The molecule has 3 rings (SSSR count). The molecule has 0 aliphatic carbocycles. The Morgan fingerprint density at radius 1 is 1.00 bits per heavy atom. The van der Waals surface area contributed by atoms with Gasteiger partial charge in [-0.2, -0.15) is 0 Å². The SMILES string of the molecule is Nc1ccc(C(=O)C=CCCNC(=O)c2ccc3ccccc3c2O)cc1. The van der Waals surface area contributed by atoms with E-state index in [1.165, 1.54) is 6.08 Å². The molecule has 5 nitrogen and oxygen atoms in total. The summed E-state index contributed by atoms with van der Waals surface area (Å²) in [7, 11) is 0.